The summed E-state index contributed by atoms with van der Waals surface area (Å²) in [5.74, 6) is -0.854. The number of rotatable bonds is 8. The van der Waals surface area contributed by atoms with Crippen molar-refractivity contribution in [1.82, 2.24) is 40.4 Å². The van der Waals surface area contributed by atoms with Gasteiger partial charge in [0.15, 0.2) is 0 Å². The highest BCUT2D eigenvalue weighted by Crippen LogP contribution is 2.29. The molecule has 4 heterocycles. The number of nitrogens with one attached hydrogen (secondary N) is 3. The molecule has 0 aliphatic carbocycles. The van der Waals surface area contributed by atoms with E-state index in [-0.39, 0.29) is 30.9 Å². The molecule has 3 N–H and O–H groups in total. The fraction of sp³-hybridized carbons (Fsp3) is 0.556. The highest BCUT2D eigenvalue weighted by Gasteiger charge is 2.30. The molecule has 8 rings (SSSR count). The Hall–Kier alpha value is -3.65. The fourth-order valence-electron chi connectivity index (χ4n) is 9.60. The lowest BCUT2D eigenvalue weighted by atomic mass is 10.0. The van der Waals surface area contributed by atoms with Gasteiger partial charge in [-0.2, -0.15) is 0 Å². The van der Waals surface area contributed by atoms with E-state index in [1.165, 1.54) is 42.4 Å². The van der Waals surface area contributed by atoms with Gasteiger partial charge >= 0.3 is 0 Å². The Morgan fingerprint density at radius 3 is 1.35 bits per heavy atom. The maximum atomic E-state index is 13.8. The molecule has 4 aromatic carbocycles. The van der Waals surface area contributed by atoms with E-state index >= 15 is 0 Å². The maximum Gasteiger partial charge on any atom is 0.128 e. The molecule has 4 atom stereocenters. The first-order valence-electron chi connectivity index (χ1n) is 23.9. The number of halogens is 3. The van der Waals surface area contributed by atoms with Crippen LogP contribution < -0.4 is 16.0 Å². The van der Waals surface area contributed by atoms with Crippen molar-refractivity contribution in [2.45, 2.75) is 111 Å². The summed E-state index contributed by atoms with van der Waals surface area (Å²) in [6.07, 6.45) is 0. The standard InChI is InChI=1S/C14H22N2.C13H18F2N2.C13H19FN2.C13H20N2.CH4/c1-12(2)16-10-9-15(3)11-14(16)13-7-5-4-6-8-13;1-9(2)17-6-5-16-8-13(17)11-7-10(14)3-4-12(11)15;1-10(2)16-7-6-15-9-13(16)11-4-3-5-12(14)8-11;1-11(2)15-9-8-14-10-13(15)12-6-4-3-5-7-12;/h4-8,12,14H,9-11H2,1-3H3;3-4,7,9,13,16H,5-6,8H2,1-2H3;3-5,8,10,13,15H,6-7,9H2,1-2H3;3-7,11,13-14H,8-10H2,1-2H3;1H4. The van der Waals surface area contributed by atoms with Crippen molar-refractivity contribution in [3.05, 3.63) is 143 Å². The molecule has 4 aliphatic rings. The van der Waals surface area contributed by atoms with Gasteiger partial charge in [-0.1, -0.05) is 80.2 Å². The number of likely N-dealkylation sites (N-methyl/N-ethyl adjacent to an activating group) is 1. The zero-order valence-corrected chi connectivity index (χ0v) is 40.3. The average Bonchev–Trinajstić information content (AvgIpc) is 3.31. The van der Waals surface area contributed by atoms with Crippen LogP contribution in [-0.4, -0.2) is 134 Å². The topological polar surface area (TPSA) is 52.3 Å². The third-order valence-corrected chi connectivity index (χ3v) is 13.1. The van der Waals surface area contributed by atoms with Crippen molar-refractivity contribution >= 4 is 0 Å². The molecule has 4 aromatic rings. The molecular weight excluding hydrogens is 818 g/mol. The molecule has 4 saturated heterocycles. The molecule has 4 unspecified atom stereocenters. The Balaban J connectivity index is 0.000000189. The van der Waals surface area contributed by atoms with Crippen LogP contribution in [0.25, 0.3) is 0 Å². The lowest BCUT2D eigenvalue weighted by Gasteiger charge is -2.42. The number of hydrogen-bond donors (Lipinski definition) is 3. The van der Waals surface area contributed by atoms with E-state index in [0.29, 0.717) is 54.4 Å². The first-order chi connectivity index (χ1) is 30.7. The van der Waals surface area contributed by atoms with Gasteiger partial charge in [0.1, 0.15) is 17.5 Å². The second kappa shape index (κ2) is 27.2. The number of hydrogen-bond acceptors (Lipinski definition) is 8. The van der Waals surface area contributed by atoms with Gasteiger partial charge in [0.05, 0.1) is 6.04 Å². The first kappa shape index (κ1) is 54.0. The molecule has 4 aliphatic heterocycles. The quantitative estimate of drug-likeness (QED) is 0.162. The van der Waals surface area contributed by atoms with Crippen LogP contribution >= 0.6 is 0 Å². The second-order valence-corrected chi connectivity index (χ2v) is 18.8. The molecule has 0 spiro atoms. The Morgan fingerprint density at radius 2 is 0.862 bits per heavy atom. The van der Waals surface area contributed by atoms with Gasteiger partial charge in [-0.05, 0) is 109 Å². The summed E-state index contributed by atoms with van der Waals surface area (Å²) in [5.41, 5.74) is 4.40. The van der Waals surface area contributed by atoms with E-state index in [0.717, 1.165) is 70.5 Å². The molecule has 65 heavy (non-hydrogen) atoms. The lowest BCUT2D eigenvalue weighted by molar-refractivity contribution is 0.0639. The van der Waals surface area contributed by atoms with Gasteiger partial charge in [0, 0.05) is 126 Å². The van der Waals surface area contributed by atoms with Gasteiger partial charge in [-0.15, -0.1) is 0 Å². The van der Waals surface area contributed by atoms with Crippen LogP contribution in [0.15, 0.2) is 103 Å². The Kier molecular flexibility index (Phi) is 22.6. The Morgan fingerprint density at radius 1 is 0.446 bits per heavy atom. The van der Waals surface area contributed by atoms with E-state index in [2.05, 4.69) is 164 Å². The van der Waals surface area contributed by atoms with Crippen LogP contribution in [0.1, 0.15) is 109 Å². The van der Waals surface area contributed by atoms with Crippen molar-refractivity contribution < 1.29 is 13.2 Å². The number of benzene rings is 4. The zero-order valence-electron chi connectivity index (χ0n) is 40.3. The minimum Gasteiger partial charge on any atom is -0.314 e. The normalized spacial score (nSPS) is 22.6. The number of nitrogens with zero attached hydrogens (tertiary/aromatic N) is 5. The van der Waals surface area contributed by atoms with Gasteiger partial charge in [0.25, 0.3) is 0 Å². The Bertz CT molecular complexity index is 1910. The van der Waals surface area contributed by atoms with Crippen molar-refractivity contribution in [1.29, 1.82) is 0 Å². The van der Waals surface area contributed by atoms with Crippen LogP contribution in [0.4, 0.5) is 13.2 Å². The summed E-state index contributed by atoms with van der Waals surface area (Å²) in [6, 6.07) is 35.7. The van der Waals surface area contributed by atoms with Crippen molar-refractivity contribution in [3.8, 4) is 0 Å². The summed E-state index contributed by atoms with van der Waals surface area (Å²) >= 11 is 0. The van der Waals surface area contributed by atoms with E-state index in [1.54, 1.807) is 12.1 Å². The molecule has 0 bridgehead atoms. The van der Waals surface area contributed by atoms with Crippen LogP contribution in [0, 0.1) is 17.5 Å². The molecule has 0 aromatic heterocycles. The molecule has 11 heteroatoms. The monoisotopic (exact) mass is 901 g/mol. The van der Waals surface area contributed by atoms with Crippen LogP contribution in [0.3, 0.4) is 0 Å². The summed E-state index contributed by atoms with van der Waals surface area (Å²) in [5, 5.41) is 10.1. The SMILES string of the molecule is C.CC(C)N1CCN(C)CC1c1ccccc1.CC(C)N1CCNCC1c1cc(F)ccc1F.CC(C)N1CCNCC1c1cccc(F)c1.CC(C)N1CCNCC1c1ccccc1. The number of piperazine rings is 4. The molecule has 8 nitrogen and oxygen atoms in total. The third-order valence-electron chi connectivity index (χ3n) is 13.1. The van der Waals surface area contributed by atoms with Gasteiger partial charge < -0.3 is 20.9 Å². The van der Waals surface area contributed by atoms with Crippen molar-refractivity contribution in [3.63, 3.8) is 0 Å². The van der Waals surface area contributed by atoms with Crippen LogP contribution in [-0.2, 0) is 0 Å². The Labute approximate surface area is 391 Å². The van der Waals surface area contributed by atoms with E-state index in [1.807, 2.05) is 6.07 Å². The van der Waals surface area contributed by atoms with E-state index in [4.69, 9.17) is 0 Å². The molecular formula is C54H83F3N8. The van der Waals surface area contributed by atoms with Gasteiger partial charge in [-0.25, -0.2) is 13.2 Å². The minimum atomic E-state index is -0.379. The molecule has 0 amide bonds. The highest BCUT2D eigenvalue weighted by atomic mass is 19.1. The molecule has 4 fully saturated rings. The minimum absolute atomic E-state index is 0. The second-order valence-electron chi connectivity index (χ2n) is 18.8. The maximum absolute atomic E-state index is 13.8. The van der Waals surface area contributed by atoms with Crippen molar-refractivity contribution in [2.75, 3.05) is 85.6 Å². The predicted molar refractivity (Wildman–Crippen MR) is 267 cm³/mol. The zero-order chi connectivity index (χ0) is 46.2. The molecule has 360 valence electrons. The summed E-state index contributed by atoms with van der Waals surface area (Å²) in [7, 11) is 2.22. The van der Waals surface area contributed by atoms with Crippen molar-refractivity contribution in [2.24, 2.45) is 0 Å². The smallest absolute Gasteiger partial charge is 0.128 e. The fourth-order valence-corrected chi connectivity index (χ4v) is 9.60. The summed E-state index contributed by atoms with van der Waals surface area (Å²) in [6.45, 7) is 29.9. The molecule has 0 radical (unpaired) electrons. The highest BCUT2D eigenvalue weighted by molar-refractivity contribution is 5.25. The van der Waals surface area contributed by atoms with Crippen LogP contribution in [0.2, 0.25) is 0 Å². The first-order valence-corrected chi connectivity index (χ1v) is 23.9. The summed E-state index contributed by atoms with van der Waals surface area (Å²) in [4.78, 5) is 12.2. The van der Waals surface area contributed by atoms with E-state index in [9.17, 15) is 13.2 Å². The van der Waals surface area contributed by atoms with Gasteiger partial charge in [-0.3, -0.25) is 19.6 Å². The average molecular weight is 901 g/mol. The largest absolute Gasteiger partial charge is 0.314 e. The molecule has 0 saturated carbocycles. The van der Waals surface area contributed by atoms with Gasteiger partial charge in [0.2, 0.25) is 0 Å². The lowest BCUT2D eigenvalue weighted by Crippen LogP contribution is -2.49. The summed E-state index contributed by atoms with van der Waals surface area (Å²) < 4.78 is 40.2. The third kappa shape index (κ3) is 16.0. The van der Waals surface area contributed by atoms with Crippen LogP contribution in [0.5, 0.6) is 0 Å². The van der Waals surface area contributed by atoms with E-state index < -0.39 is 0 Å². The predicted octanol–water partition coefficient (Wildman–Crippen LogP) is 9.56.